The lowest BCUT2D eigenvalue weighted by molar-refractivity contribution is -0.150. The van der Waals surface area contributed by atoms with Gasteiger partial charge in [-0.25, -0.2) is 0 Å². The smallest absolute Gasteiger partial charge is 0.309 e. The molecule has 1 fully saturated rings. The summed E-state index contributed by atoms with van der Waals surface area (Å²) >= 11 is 0. The summed E-state index contributed by atoms with van der Waals surface area (Å²) < 4.78 is 5.18. The summed E-state index contributed by atoms with van der Waals surface area (Å²) in [7, 11) is 0. The monoisotopic (exact) mass is 289 g/mol. The lowest BCUT2D eigenvalue weighted by Crippen LogP contribution is -2.40. The summed E-state index contributed by atoms with van der Waals surface area (Å²) in [6.07, 6.45) is 2.23. The standard InChI is InChI=1S/C17H23NO3/c1-3-11-21-17(20)14-7-9-18(10-8-14)16(19)15-6-4-5-13(2)12-15/h4-6,12,14H,3,7-11H2,1-2H3. The maximum Gasteiger partial charge on any atom is 0.309 e. The van der Waals surface area contributed by atoms with E-state index in [-0.39, 0.29) is 17.8 Å². The minimum atomic E-state index is -0.112. The lowest BCUT2D eigenvalue weighted by atomic mass is 9.96. The highest BCUT2D eigenvalue weighted by molar-refractivity contribution is 5.94. The molecule has 1 amide bonds. The first-order valence-corrected chi connectivity index (χ1v) is 7.64. The molecule has 1 heterocycles. The molecule has 2 rings (SSSR count). The normalized spacial score (nSPS) is 15.8. The van der Waals surface area contributed by atoms with E-state index in [0.29, 0.717) is 32.5 Å². The molecule has 0 spiro atoms. The van der Waals surface area contributed by atoms with Gasteiger partial charge in [0.1, 0.15) is 0 Å². The van der Waals surface area contributed by atoms with Gasteiger partial charge in [-0.15, -0.1) is 0 Å². The van der Waals surface area contributed by atoms with Crippen molar-refractivity contribution >= 4 is 11.9 Å². The van der Waals surface area contributed by atoms with Crippen LogP contribution < -0.4 is 0 Å². The highest BCUT2D eigenvalue weighted by Crippen LogP contribution is 2.20. The van der Waals surface area contributed by atoms with Crippen molar-refractivity contribution in [3.05, 3.63) is 35.4 Å². The zero-order chi connectivity index (χ0) is 15.2. The summed E-state index contributed by atoms with van der Waals surface area (Å²) in [5.74, 6) is -0.114. The number of nitrogens with zero attached hydrogens (tertiary/aromatic N) is 1. The highest BCUT2D eigenvalue weighted by atomic mass is 16.5. The number of likely N-dealkylation sites (tertiary alicyclic amines) is 1. The van der Waals surface area contributed by atoms with Crippen LogP contribution in [-0.2, 0) is 9.53 Å². The van der Waals surface area contributed by atoms with Gasteiger partial charge in [-0.05, 0) is 38.3 Å². The Kier molecular flexibility index (Phi) is 5.37. The van der Waals surface area contributed by atoms with Gasteiger partial charge < -0.3 is 9.64 Å². The number of esters is 1. The SMILES string of the molecule is CCCOC(=O)C1CCN(C(=O)c2cccc(C)c2)CC1. The van der Waals surface area contributed by atoms with Crippen molar-refractivity contribution in [3.8, 4) is 0 Å². The Morgan fingerprint density at radius 1 is 1.29 bits per heavy atom. The summed E-state index contributed by atoms with van der Waals surface area (Å²) in [6, 6.07) is 7.63. The molecule has 4 nitrogen and oxygen atoms in total. The van der Waals surface area contributed by atoms with Crippen molar-refractivity contribution < 1.29 is 14.3 Å². The van der Waals surface area contributed by atoms with Crippen molar-refractivity contribution in [2.24, 2.45) is 5.92 Å². The Balaban J connectivity index is 1.89. The van der Waals surface area contributed by atoms with E-state index in [2.05, 4.69) is 0 Å². The van der Waals surface area contributed by atoms with Crippen molar-refractivity contribution in [1.82, 2.24) is 4.90 Å². The average molecular weight is 289 g/mol. The molecule has 1 saturated heterocycles. The number of aryl methyl sites for hydroxylation is 1. The minimum Gasteiger partial charge on any atom is -0.465 e. The second kappa shape index (κ2) is 7.25. The highest BCUT2D eigenvalue weighted by Gasteiger charge is 2.28. The lowest BCUT2D eigenvalue weighted by Gasteiger charge is -2.31. The first kappa shape index (κ1) is 15.5. The molecular formula is C17H23NO3. The van der Waals surface area contributed by atoms with E-state index < -0.39 is 0 Å². The molecule has 0 aliphatic carbocycles. The van der Waals surface area contributed by atoms with E-state index in [1.165, 1.54) is 0 Å². The molecule has 1 aliphatic rings. The predicted octanol–water partition coefficient (Wildman–Crippen LogP) is 2.80. The van der Waals surface area contributed by atoms with Crippen molar-refractivity contribution in [1.29, 1.82) is 0 Å². The average Bonchev–Trinajstić information content (AvgIpc) is 2.52. The first-order chi connectivity index (χ1) is 10.1. The fourth-order valence-electron chi connectivity index (χ4n) is 2.60. The molecule has 0 unspecified atom stereocenters. The van der Waals surface area contributed by atoms with E-state index in [0.717, 1.165) is 17.5 Å². The summed E-state index contributed by atoms with van der Waals surface area (Å²) in [5.41, 5.74) is 1.81. The number of carbonyl (C=O) groups is 2. The Hall–Kier alpha value is -1.84. The number of rotatable bonds is 4. The number of hydrogen-bond donors (Lipinski definition) is 0. The molecule has 1 aromatic rings. The van der Waals surface area contributed by atoms with Crippen LogP contribution in [0.4, 0.5) is 0 Å². The first-order valence-electron chi connectivity index (χ1n) is 7.64. The van der Waals surface area contributed by atoms with Gasteiger partial charge in [0, 0.05) is 18.7 Å². The topological polar surface area (TPSA) is 46.6 Å². The van der Waals surface area contributed by atoms with Gasteiger partial charge in [0.25, 0.3) is 5.91 Å². The van der Waals surface area contributed by atoms with E-state index in [4.69, 9.17) is 4.74 Å². The van der Waals surface area contributed by atoms with Gasteiger partial charge in [0.15, 0.2) is 0 Å². The Bertz CT molecular complexity index is 505. The maximum atomic E-state index is 12.4. The van der Waals surface area contributed by atoms with Gasteiger partial charge in [0.2, 0.25) is 0 Å². The molecule has 4 heteroatoms. The zero-order valence-corrected chi connectivity index (χ0v) is 12.8. The van der Waals surface area contributed by atoms with Crippen LogP contribution in [0.1, 0.15) is 42.1 Å². The van der Waals surface area contributed by atoms with Crippen molar-refractivity contribution in [2.45, 2.75) is 33.1 Å². The summed E-state index contributed by atoms with van der Waals surface area (Å²) in [6.45, 7) is 5.70. The molecule has 0 radical (unpaired) electrons. The van der Waals surface area contributed by atoms with E-state index in [9.17, 15) is 9.59 Å². The quantitative estimate of drug-likeness (QED) is 0.801. The van der Waals surface area contributed by atoms with Gasteiger partial charge in [0.05, 0.1) is 12.5 Å². The zero-order valence-electron chi connectivity index (χ0n) is 12.8. The van der Waals surface area contributed by atoms with Crippen LogP contribution in [0, 0.1) is 12.8 Å². The Morgan fingerprint density at radius 2 is 2.00 bits per heavy atom. The van der Waals surface area contributed by atoms with E-state index >= 15 is 0 Å². The van der Waals surface area contributed by atoms with Crippen LogP contribution in [-0.4, -0.2) is 36.5 Å². The van der Waals surface area contributed by atoms with Crippen LogP contribution in [0.15, 0.2) is 24.3 Å². The number of hydrogen-bond acceptors (Lipinski definition) is 3. The van der Waals surface area contributed by atoms with Crippen molar-refractivity contribution in [3.63, 3.8) is 0 Å². The molecule has 0 aromatic heterocycles. The number of carbonyl (C=O) groups excluding carboxylic acids is 2. The largest absolute Gasteiger partial charge is 0.465 e. The summed E-state index contributed by atoms with van der Waals surface area (Å²) in [5, 5.41) is 0. The van der Waals surface area contributed by atoms with E-state index in [1.54, 1.807) is 0 Å². The molecule has 1 aliphatic heterocycles. The third-order valence-corrected chi connectivity index (χ3v) is 3.83. The number of piperidine rings is 1. The molecule has 0 bridgehead atoms. The molecule has 21 heavy (non-hydrogen) atoms. The maximum absolute atomic E-state index is 12.4. The van der Waals surface area contributed by atoms with Crippen molar-refractivity contribution in [2.75, 3.05) is 19.7 Å². The van der Waals surface area contributed by atoms with Crippen LogP contribution in [0.3, 0.4) is 0 Å². The Labute approximate surface area is 126 Å². The molecule has 0 atom stereocenters. The number of benzene rings is 1. The summed E-state index contributed by atoms with van der Waals surface area (Å²) in [4.78, 5) is 26.1. The second-order valence-electron chi connectivity index (χ2n) is 5.60. The second-order valence-corrected chi connectivity index (χ2v) is 5.60. The van der Waals surface area contributed by atoms with Crippen LogP contribution in [0.2, 0.25) is 0 Å². The molecular weight excluding hydrogens is 266 g/mol. The van der Waals surface area contributed by atoms with Crippen LogP contribution in [0.25, 0.3) is 0 Å². The van der Waals surface area contributed by atoms with Crippen LogP contribution in [0.5, 0.6) is 0 Å². The molecule has 0 saturated carbocycles. The Morgan fingerprint density at radius 3 is 2.62 bits per heavy atom. The van der Waals surface area contributed by atoms with Gasteiger partial charge in [-0.2, -0.15) is 0 Å². The van der Waals surface area contributed by atoms with Gasteiger partial charge >= 0.3 is 5.97 Å². The fraction of sp³-hybridized carbons (Fsp3) is 0.529. The van der Waals surface area contributed by atoms with E-state index in [1.807, 2.05) is 43.0 Å². The van der Waals surface area contributed by atoms with Gasteiger partial charge in [-0.3, -0.25) is 9.59 Å². The molecule has 0 N–H and O–H groups in total. The van der Waals surface area contributed by atoms with Crippen LogP contribution >= 0.6 is 0 Å². The molecule has 1 aromatic carbocycles. The number of amides is 1. The molecule has 114 valence electrons. The fourth-order valence-corrected chi connectivity index (χ4v) is 2.60. The number of ether oxygens (including phenoxy) is 1. The minimum absolute atomic E-state index is 0.0547. The predicted molar refractivity (Wildman–Crippen MR) is 81.1 cm³/mol. The third kappa shape index (κ3) is 4.06. The van der Waals surface area contributed by atoms with Gasteiger partial charge in [-0.1, -0.05) is 24.6 Å². The third-order valence-electron chi connectivity index (χ3n) is 3.83.